The first-order valence-electron chi connectivity index (χ1n) is 10.1. The summed E-state index contributed by atoms with van der Waals surface area (Å²) in [5.74, 6) is 1.37. The molecule has 0 bridgehead atoms. The maximum Gasteiger partial charge on any atom is 0.224 e. The van der Waals surface area contributed by atoms with E-state index in [1.165, 1.54) is 0 Å². The summed E-state index contributed by atoms with van der Waals surface area (Å²) in [6.07, 6.45) is 0.293. The fourth-order valence-electron chi connectivity index (χ4n) is 3.81. The average molecular weight is 428 g/mol. The van der Waals surface area contributed by atoms with Gasteiger partial charge < -0.3 is 9.73 Å². The van der Waals surface area contributed by atoms with Crippen molar-refractivity contribution >= 4 is 38.4 Å². The third-order valence-corrected chi connectivity index (χ3v) is 6.50. The molecule has 0 atom stereocenters. The van der Waals surface area contributed by atoms with Crippen LogP contribution >= 0.6 is 11.3 Å². The molecule has 31 heavy (non-hydrogen) atoms. The van der Waals surface area contributed by atoms with Crippen molar-refractivity contribution in [1.29, 1.82) is 0 Å². The number of carbonyl (C=O) groups excluding carboxylic acids is 1. The second-order valence-corrected chi connectivity index (χ2v) is 8.55. The molecule has 3 heterocycles. The standard InChI is InChI=1S/C25H21N3O2S/c1-15-18-7-3-4-8-20(18)27-16(2)19(15)13-24(29)26-14-17-11-12-22(30-17)25-28-21-9-5-6-10-23(21)31-25/h3-12H,13-14H2,1-2H3,(H,26,29). The molecule has 0 saturated heterocycles. The predicted molar refractivity (Wildman–Crippen MR) is 124 cm³/mol. The SMILES string of the molecule is Cc1nc2ccccc2c(C)c1CC(=O)NCc1ccc(-c2nc3ccccc3s2)o1. The van der Waals surface area contributed by atoms with Crippen LogP contribution < -0.4 is 5.32 Å². The highest BCUT2D eigenvalue weighted by Gasteiger charge is 2.14. The topological polar surface area (TPSA) is 68.0 Å². The Labute approximate surface area is 183 Å². The number of furan rings is 1. The van der Waals surface area contributed by atoms with Crippen LogP contribution in [0, 0.1) is 13.8 Å². The summed E-state index contributed by atoms with van der Waals surface area (Å²) in [4.78, 5) is 21.9. The number of pyridine rings is 1. The molecule has 5 rings (SSSR count). The van der Waals surface area contributed by atoms with Crippen molar-refractivity contribution in [2.45, 2.75) is 26.8 Å². The van der Waals surface area contributed by atoms with E-state index in [0.717, 1.165) is 48.7 Å². The molecular formula is C25H21N3O2S. The Hall–Kier alpha value is -3.51. The molecule has 0 unspecified atom stereocenters. The highest BCUT2D eigenvalue weighted by molar-refractivity contribution is 7.21. The van der Waals surface area contributed by atoms with E-state index in [1.54, 1.807) is 11.3 Å². The van der Waals surface area contributed by atoms with Crippen LogP contribution in [0.4, 0.5) is 0 Å². The van der Waals surface area contributed by atoms with Gasteiger partial charge in [-0.3, -0.25) is 9.78 Å². The first-order valence-corrected chi connectivity index (χ1v) is 11.0. The molecule has 0 aliphatic rings. The largest absolute Gasteiger partial charge is 0.457 e. The molecule has 0 aliphatic carbocycles. The van der Waals surface area contributed by atoms with E-state index in [4.69, 9.17) is 4.42 Å². The van der Waals surface area contributed by atoms with Gasteiger partial charge in [0, 0.05) is 11.1 Å². The summed E-state index contributed by atoms with van der Waals surface area (Å²) in [5.41, 5.74) is 4.89. The molecule has 5 nitrogen and oxygen atoms in total. The minimum absolute atomic E-state index is 0.0544. The molecular weight excluding hydrogens is 406 g/mol. The zero-order valence-corrected chi connectivity index (χ0v) is 18.1. The van der Waals surface area contributed by atoms with Crippen molar-refractivity contribution in [3.63, 3.8) is 0 Å². The second kappa shape index (κ2) is 7.96. The van der Waals surface area contributed by atoms with Crippen molar-refractivity contribution in [3.8, 4) is 10.8 Å². The molecule has 1 N–H and O–H groups in total. The number of benzene rings is 2. The van der Waals surface area contributed by atoms with Crippen LogP contribution in [0.1, 0.15) is 22.6 Å². The Morgan fingerprint density at radius 1 is 0.968 bits per heavy atom. The zero-order chi connectivity index (χ0) is 21.4. The third-order valence-electron chi connectivity index (χ3n) is 5.45. The molecule has 2 aromatic carbocycles. The molecule has 5 aromatic rings. The minimum Gasteiger partial charge on any atom is -0.457 e. The van der Waals surface area contributed by atoms with Crippen LogP contribution in [0.25, 0.3) is 31.9 Å². The summed E-state index contributed by atoms with van der Waals surface area (Å²) in [5, 5.41) is 4.89. The maximum absolute atomic E-state index is 12.6. The average Bonchev–Trinajstić information content (AvgIpc) is 3.42. The maximum atomic E-state index is 12.6. The highest BCUT2D eigenvalue weighted by Crippen LogP contribution is 2.31. The lowest BCUT2D eigenvalue weighted by Crippen LogP contribution is -2.25. The number of amides is 1. The summed E-state index contributed by atoms with van der Waals surface area (Å²) < 4.78 is 7.05. The van der Waals surface area contributed by atoms with Crippen molar-refractivity contribution in [1.82, 2.24) is 15.3 Å². The van der Waals surface area contributed by atoms with Gasteiger partial charge in [-0.1, -0.05) is 30.3 Å². The van der Waals surface area contributed by atoms with Gasteiger partial charge in [0.05, 0.1) is 28.7 Å². The number of para-hydroxylation sites is 2. The predicted octanol–water partition coefficient (Wildman–Crippen LogP) is 5.58. The zero-order valence-electron chi connectivity index (χ0n) is 17.3. The molecule has 3 aromatic heterocycles. The fourth-order valence-corrected chi connectivity index (χ4v) is 4.73. The van der Waals surface area contributed by atoms with Crippen LogP contribution in [-0.2, 0) is 17.8 Å². The first kappa shape index (κ1) is 19.5. The van der Waals surface area contributed by atoms with E-state index in [9.17, 15) is 4.79 Å². The monoisotopic (exact) mass is 427 g/mol. The van der Waals surface area contributed by atoms with Crippen molar-refractivity contribution in [2.75, 3.05) is 0 Å². The molecule has 0 saturated carbocycles. The van der Waals surface area contributed by atoms with E-state index in [0.29, 0.717) is 18.7 Å². The Morgan fingerprint density at radius 3 is 2.58 bits per heavy atom. The van der Waals surface area contributed by atoms with E-state index in [2.05, 4.69) is 22.2 Å². The van der Waals surface area contributed by atoms with Crippen LogP contribution in [-0.4, -0.2) is 15.9 Å². The number of rotatable bonds is 5. The Kier molecular flexibility index (Phi) is 5.00. The van der Waals surface area contributed by atoms with Crippen molar-refractivity contribution in [2.24, 2.45) is 0 Å². The molecule has 0 fully saturated rings. The molecule has 1 amide bonds. The molecule has 0 spiro atoms. The van der Waals surface area contributed by atoms with Gasteiger partial charge in [0.2, 0.25) is 5.91 Å². The summed E-state index contributed by atoms with van der Waals surface area (Å²) in [7, 11) is 0. The van der Waals surface area contributed by atoms with Crippen LogP contribution in [0.5, 0.6) is 0 Å². The number of hydrogen-bond donors (Lipinski definition) is 1. The number of aryl methyl sites for hydroxylation is 2. The van der Waals surface area contributed by atoms with Crippen LogP contribution in [0.15, 0.2) is 65.1 Å². The van der Waals surface area contributed by atoms with Gasteiger partial charge in [-0.15, -0.1) is 11.3 Å². The number of thiazole rings is 1. The highest BCUT2D eigenvalue weighted by atomic mass is 32.1. The van der Waals surface area contributed by atoms with E-state index < -0.39 is 0 Å². The second-order valence-electron chi connectivity index (χ2n) is 7.52. The van der Waals surface area contributed by atoms with Gasteiger partial charge in [-0.25, -0.2) is 4.98 Å². The lowest BCUT2D eigenvalue weighted by molar-refractivity contribution is -0.120. The molecule has 0 radical (unpaired) electrons. The van der Waals surface area contributed by atoms with Crippen LogP contribution in [0.3, 0.4) is 0 Å². The van der Waals surface area contributed by atoms with E-state index in [-0.39, 0.29) is 5.91 Å². The Morgan fingerprint density at radius 2 is 1.74 bits per heavy atom. The van der Waals surface area contributed by atoms with Crippen LogP contribution in [0.2, 0.25) is 0 Å². The number of nitrogens with zero attached hydrogens (tertiary/aromatic N) is 2. The summed E-state index contributed by atoms with van der Waals surface area (Å²) in [6.45, 7) is 4.35. The molecule has 154 valence electrons. The molecule has 6 heteroatoms. The summed E-state index contributed by atoms with van der Waals surface area (Å²) >= 11 is 1.59. The molecule has 0 aliphatic heterocycles. The quantitative estimate of drug-likeness (QED) is 0.398. The van der Waals surface area contributed by atoms with Crippen molar-refractivity contribution < 1.29 is 9.21 Å². The normalized spacial score (nSPS) is 11.3. The fraction of sp³-hybridized carbons (Fsp3) is 0.160. The smallest absolute Gasteiger partial charge is 0.224 e. The number of nitrogens with one attached hydrogen (secondary N) is 1. The van der Waals surface area contributed by atoms with E-state index >= 15 is 0 Å². The summed E-state index contributed by atoms with van der Waals surface area (Å²) in [6, 6.07) is 19.8. The van der Waals surface area contributed by atoms with Gasteiger partial charge in [-0.2, -0.15) is 0 Å². The number of aromatic nitrogens is 2. The lowest BCUT2D eigenvalue weighted by Gasteiger charge is -2.12. The third kappa shape index (κ3) is 3.82. The number of fused-ring (bicyclic) bond motifs is 2. The van der Waals surface area contributed by atoms with Gasteiger partial charge in [-0.05, 0) is 55.3 Å². The van der Waals surface area contributed by atoms with E-state index in [1.807, 2.05) is 67.6 Å². The number of carbonyl (C=O) groups is 1. The van der Waals surface area contributed by atoms with Gasteiger partial charge in [0.25, 0.3) is 0 Å². The number of hydrogen-bond acceptors (Lipinski definition) is 5. The van der Waals surface area contributed by atoms with Gasteiger partial charge in [0.1, 0.15) is 5.76 Å². The Bertz CT molecular complexity index is 1380. The first-order chi connectivity index (χ1) is 15.1. The Balaban J connectivity index is 1.28. The van der Waals surface area contributed by atoms with Crippen molar-refractivity contribution in [3.05, 3.63) is 83.2 Å². The van der Waals surface area contributed by atoms with Gasteiger partial charge >= 0.3 is 0 Å². The lowest BCUT2D eigenvalue weighted by atomic mass is 9.99. The van der Waals surface area contributed by atoms with Gasteiger partial charge in [0.15, 0.2) is 10.8 Å². The minimum atomic E-state index is -0.0544.